The van der Waals surface area contributed by atoms with Gasteiger partial charge in [-0.3, -0.25) is 14.2 Å². The lowest BCUT2D eigenvalue weighted by Crippen LogP contribution is -2.35. The maximum absolute atomic E-state index is 12.5. The summed E-state index contributed by atoms with van der Waals surface area (Å²) < 4.78 is 6.41. The molecule has 1 amide bonds. The van der Waals surface area contributed by atoms with Gasteiger partial charge in [-0.05, 0) is 25.3 Å². The number of hydrogen-bond acceptors (Lipinski definition) is 5. The van der Waals surface area contributed by atoms with Crippen molar-refractivity contribution in [3.8, 4) is 5.69 Å². The molecule has 0 aliphatic carbocycles. The summed E-state index contributed by atoms with van der Waals surface area (Å²) >= 11 is 1.46. The van der Waals surface area contributed by atoms with Crippen LogP contribution in [0.4, 0.5) is 0 Å². The van der Waals surface area contributed by atoms with Crippen LogP contribution in [0.3, 0.4) is 0 Å². The Kier molecular flexibility index (Phi) is 5.81. The molecular formula is C16H19N3O3S. The van der Waals surface area contributed by atoms with E-state index in [0.29, 0.717) is 5.69 Å². The van der Waals surface area contributed by atoms with Gasteiger partial charge in [-0.15, -0.1) is 0 Å². The Morgan fingerprint density at radius 1 is 1.35 bits per heavy atom. The van der Waals surface area contributed by atoms with E-state index in [1.807, 2.05) is 36.6 Å². The SMILES string of the molecule is COC(=O)CC(C)NC(=O)c1cnc(SC)n1-c1ccccc1. The normalized spacial score (nSPS) is 11.8. The Balaban J connectivity index is 2.24. The van der Waals surface area contributed by atoms with Crippen LogP contribution in [0.15, 0.2) is 41.7 Å². The molecule has 2 aromatic rings. The Labute approximate surface area is 139 Å². The summed E-state index contributed by atoms with van der Waals surface area (Å²) in [5.41, 5.74) is 1.29. The van der Waals surface area contributed by atoms with Gasteiger partial charge in [0.1, 0.15) is 5.69 Å². The van der Waals surface area contributed by atoms with Gasteiger partial charge in [-0.25, -0.2) is 4.98 Å². The third kappa shape index (κ3) is 4.13. The van der Waals surface area contributed by atoms with Gasteiger partial charge in [0.15, 0.2) is 5.16 Å². The van der Waals surface area contributed by atoms with Gasteiger partial charge in [0.2, 0.25) is 0 Å². The molecule has 0 spiro atoms. The van der Waals surface area contributed by atoms with Crippen molar-refractivity contribution >= 4 is 23.6 Å². The van der Waals surface area contributed by atoms with E-state index in [4.69, 9.17) is 0 Å². The Morgan fingerprint density at radius 3 is 2.65 bits per heavy atom. The molecule has 0 radical (unpaired) electrons. The van der Waals surface area contributed by atoms with E-state index in [9.17, 15) is 9.59 Å². The zero-order chi connectivity index (χ0) is 16.8. The van der Waals surface area contributed by atoms with Crippen molar-refractivity contribution < 1.29 is 14.3 Å². The predicted molar refractivity (Wildman–Crippen MR) is 88.9 cm³/mol. The largest absolute Gasteiger partial charge is 0.469 e. The van der Waals surface area contributed by atoms with E-state index in [1.54, 1.807) is 17.7 Å². The van der Waals surface area contributed by atoms with Crippen LogP contribution in [-0.4, -0.2) is 40.8 Å². The lowest BCUT2D eigenvalue weighted by molar-refractivity contribution is -0.141. The van der Waals surface area contributed by atoms with E-state index in [0.717, 1.165) is 10.8 Å². The van der Waals surface area contributed by atoms with Gasteiger partial charge < -0.3 is 10.1 Å². The van der Waals surface area contributed by atoms with Crippen LogP contribution in [0.2, 0.25) is 0 Å². The number of amides is 1. The summed E-state index contributed by atoms with van der Waals surface area (Å²) in [4.78, 5) is 28.1. The molecule has 1 unspecified atom stereocenters. The van der Waals surface area contributed by atoms with Crippen molar-refractivity contribution in [1.82, 2.24) is 14.9 Å². The third-order valence-corrected chi connectivity index (χ3v) is 3.89. The number of nitrogens with zero attached hydrogens (tertiary/aromatic N) is 2. The fourth-order valence-corrected chi connectivity index (χ4v) is 2.69. The minimum absolute atomic E-state index is 0.122. The highest BCUT2D eigenvalue weighted by Gasteiger charge is 2.20. The van der Waals surface area contributed by atoms with Crippen LogP contribution in [0, 0.1) is 0 Å². The number of thioether (sulfide) groups is 1. The number of carbonyl (C=O) groups excluding carboxylic acids is 2. The van der Waals surface area contributed by atoms with Gasteiger partial charge in [0, 0.05) is 11.7 Å². The van der Waals surface area contributed by atoms with E-state index in [1.165, 1.54) is 18.9 Å². The summed E-state index contributed by atoms with van der Waals surface area (Å²) in [5, 5.41) is 3.52. The molecule has 0 saturated heterocycles. The van der Waals surface area contributed by atoms with Crippen LogP contribution < -0.4 is 5.32 Å². The van der Waals surface area contributed by atoms with Gasteiger partial charge in [-0.2, -0.15) is 0 Å². The van der Waals surface area contributed by atoms with Gasteiger partial charge in [0.05, 0.1) is 19.7 Å². The topological polar surface area (TPSA) is 73.2 Å². The van der Waals surface area contributed by atoms with Crippen LogP contribution >= 0.6 is 11.8 Å². The molecule has 1 aromatic heterocycles. The second kappa shape index (κ2) is 7.82. The highest BCUT2D eigenvalue weighted by molar-refractivity contribution is 7.98. The highest BCUT2D eigenvalue weighted by atomic mass is 32.2. The zero-order valence-corrected chi connectivity index (χ0v) is 14.1. The van der Waals surface area contributed by atoms with Crippen molar-refractivity contribution in [1.29, 1.82) is 0 Å². The van der Waals surface area contributed by atoms with Gasteiger partial charge in [-0.1, -0.05) is 30.0 Å². The number of para-hydroxylation sites is 1. The molecule has 122 valence electrons. The number of benzene rings is 1. The van der Waals surface area contributed by atoms with Crippen LogP contribution in [0.25, 0.3) is 5.69 Å². The highest BCUT2D eigenvalue weighted by Crippen LogP contribution is 2.21. The minimum Gasteiger partial charge on any atom is -0.469 e. The number of aromatic nitrogens is 2. The van der Waals surface area contributed by atoms with E-state index >= 15 is 0 Å². The van der Waals surface area contributed by atoms with Crippen LogP contribution in [0.5, 0.6) is 0 Å². The van der Waals surface area contributed by atoms with Gasteiger partial charge >= 0.3 is 5.97 Å². The van der Waals surface area contributed by atoms with Gasteiger partial charge in [0.25, 0.3) is 5.91 Å². The molecule has 7 heteroatoms. The number of ether oxygens (including phenoxy) is 1. The van der Waals surface area contributed by atoms with Crippen molar-refractivity contribution in [3.05, 3.63) is 42.2 Å². The second-order valence-corrected chi connectivity index (χ2v) is 5.73. The Morgan fingerprint density at radius 2 is 2.04 bits per heavy atom. The zero-order valence-electron chi connectivity index (χ0n) is 13.3. The summed E-state index contributed by atoms with van der Waals surface area (Å²) in [6.45, 7) is 1.76. The molecule has 0 aliphatic rings. The maximum atomic E-state index is 12.5. The molecule has 23 heavy (non-hydrogen) atoms. The quantitative estimate of drug-likeness (QED) is 0.648. The van der Waals surface area contributed by atoms with E-state index < -0.39 is 0 Å². The van der Waals surface area contributed by atoms with Crippen molar-refractivity contribution in [3.63, 3.8) is 0 Å². The van der Waals surface area contributed by atoms with Crippen molar-refractivity contribution in [2.75, 3.05) is 13.4 Å². The maximum Gasteiger partial charge on any atom is 0.307 e. The molecule has 0 bridgehead atoms. The standard InChI is InChI=1S/C16H19N3O3S/c1-11(9-14(20)22-2)18-15(21)13-10-17-16(23-3)19(13)12-7-5-4-6-8-12/h4-8,10-11H,9H2,1-3H3,(H,18,21). The summed E-state index contributed by atoms with van der Waals surface area (Å²) in [6.07, 6.45) is 3.57. The van der Waals surface area contributed by atoms with E-state index in [2.05, 4.69) is 15.0 Å². The fraction of sp³-hybridized carbons (Fsp3) is 0.312. The van der Waals surface area contributed by atoms with Crippen molar-refractivity contribution in [2.24, 2.45) is 0 Å². The molecule has 0 aliphatic heterocycles. The smallest absolute Gasteiger partial charge is 0.307 e. The average molecular weight is 333 g/mol. The number of rotatable bonds is 6. The average Bonchev–Trinajstić information content (AvgIpc) is 2.99. The predicted octanol–water partition coefficient (Wildman–Crippen LogP) is 2.28. The lowest BCUT2D eigenvalue weighted by atomic mass is 10.2. The van der Waals surface area contributed by atoms with Crippen LogP contribution in [0.1, 0.15) is 23.8 Å². The Bertz CT molecular complexity index is 685. The number of methoxy groups -OCH3 is 1. The molecule has 0 fully saturated rings. The van der Waals surface area contributed by atoms with E-state index in [-0.39, 0.29) is 24.3 Å². The van der Waals surface area contributed by atoms with Crippen LogP contribution in [-0.2, 0) is 9.53 Å². The first-order chi connectivity index (χ1) is 11.1. The lowest BCUT2D eigenvalue weighted by Gasteiger charge is -2.14. The summed E-state index contributed by atoms with van der Waals surface area (Å²) in [7, 11) is 1.33. The first-order valence-corrected chi connectivity index (χ1v) is 8.34. The number of esters is 1. The molecular weight excluding hydrogens is 314 g/mol. The minimum atomic E-state index is -0.362. The molecule has 1 aromatic carbocycles. The molecule has 0 saturated carbocycles. The summed E-state index contributed by atoms with van der Waals surface area (Å²) in [6, 6.07) is 9.22. The molecule has 6 nitrogen and oxygen atoms in total. The second-order valence-electron chi connectivity index (χ2n) is 4.96. The number of imidazole rings is 1. The molecule has 1 heterocycles. The molecule has 1 atom stereocenters. The first kappa shape index (κ1) is 17.1. The number of hydrogen-bond donors (Lipinski definition) is 1. The molecule has 2 rings (SSSR count). The van der Waals surface area contributed by atoms with Crippen molar-refractivity contribution in [2.45, 2.75) is 24.5 Å². The summed E-state index contributed by atoms with van der Waals surface area (Å²) in [5.74, 6) is -0.641. The number of nitrogens with one attached hydrogen (secondary N) is 1. The molecule has 1 N–H and O–H groups in total. The third-order valence-electron chi connectivity index (χ3n) is 3.24. The first-order valence-electron chi connectivity index (χ1n) is 7.11. The fourth-order valence-electron chi connectivity index (χ4n) is 2.15. The Hall–Kier alpha value is -2.28. The number of carbonyl (C=O) groups is 2. The monoisotopic (exact) mass is 333 g/mol.